The van der Waals surface area contributed by atoms with E-state index >= 15 is 0 Å². The molecule has 1 N–H and O–H groups in total. The number of aliphatic hydroxyl groups is 1. The molecule has 2 aliphatic carbocycles. The first-order chi connectivity index (χ1) is 16.3. The van der Waals surface area contributed by atoms with Crippen LogP contribution in [0.2, 0.25) is 0 Å². The van der Waals surface area contributed by atoms with Crippen LogP contribution in [0, 0.1) is 0 Å². The second kappa shape index (κ2) is 9.13. The zero-order chi connectivity index (χ0) is 22.7. The zero-order valence-corrected chi connectivity index (χ0v) is 18.8. The fraction of sp³-hybridized carbons (Fsp3) is 0.200. The lowest BCUT2D eigenvalue weighted by Crippen LogP contribution is -2.29. The van der Waals surface area contributed by atoms with Crippen LogP contribution in [0.4, 0.5) is 0 Å². The van der Waals surface area contributed by atoms with Gasteiger partial charge in [0.25, 0.3) is 0 Å². The number of fused-ring (bicyclic) bond motifs is 2. The lowest BCUT2D eigenvalue weighted by atomic mass is 9.66. The number of ether oxygens (including phenoxy) is 2. The van der Waals surface area contributed by atoms with Crippen molar-refractivity contribution in [2.45, 2.75) is 18.8 Å². The number of benzene rings is 3. The van der Waals surface area contributed by atoms with E-state index < -0.39 is 5.41 Å². The van der Waals surface area contributed by atoms with Crippen LogP contribution in [-0.2, 0) is 5.41 Å². The first-order valence-corrected chi connectivity index (χ1v) is 11.5. The zero-order valence-electron chi connectivity index (χ0n) is 18.8. The summed E-state index contributed by atoms with van der Waals surface area (Å²) in [6, 6.07) is 25.6. The molecule has 0 amide bonds. The SMILES string of the molecule is CCOc1ccc(C2(c3ccc(OCCO)cc3)C3=C(CC=CC=C3)c3ccccc32)cc1. The first kappa shape index (κ1) is 21.3. The minimum atomic E-state index is -0.436. The quantitative estimate of drug-likeness (QED) is 0.488. The lowest BCUT2D eigenvalue weighted by molar-refractivity contribution is 0.201. The molecule has 0 bridgehead atoms. The number of aliphatic hydroxyl groups excluding tert-OH is 1. The van der Waals surface area contributed by atoms with Crippen LogP contribution in [0.15, 0.2) is 103 Å². The molecule has 5 rings (SSSR count). The average molecular weight is 437 g/mol. The molecule has 166 valence electrons. The Bertz CT molecular complexity index is 1220. The van der Waals surface area contributed by atoms with Gasteiger partial charge in [0, 0.05) is 0 Å². The van der Waals surface area contributed by atoms with Gasteiger partial charge in [-0.2, -0.15) is 0 Å². The summed E-state index contributed by atoms with van der Waals surface area (Å²) in [6.45, 7) is 2.94. The minimum Gasteiger partial charge on any atom is -0.494 e. The molecule has 0 radical (unpaired) electrons. The average Bonchev–Trinajstić information content (AvgIpc) is 2.98. The molecule has 3 aromatic rings. The Hall–Kier alpha value is -3.56. The summed E-state index contributed by atoms with van der Waals surface area (Å²) in [4.78, 5) is 0. The summed E-state index contributed by atoms with van der Waals surface area (Å²) in [5.74, 6) is 1.64. The van der Waals surface area contributed by atoms with Gasteiger partial charge in [0.05, 0.1) is 18.6 Å². The predicted octanol–water partition coefficient (Wildman–Crippen LogP) is 6.07. The highest BCUT2D eigenvalue weighted by atomic mass is 16.5. The largest absolute Gasteiger partial charge is 0.494 e. The van der Waals surface area contributed by atoms with Crippen LogP contribution in [0.5, 0.6) is 11.5 Å². The van der Waals surface area contributed by atoms with Crippen molar-refractivity contribution >= 4 is 5.57 Å². The van der Waals surface area contributed by atoms with Crippen molar-refractivity contribution in [3.63, 3.8) is 0 Å². The Morgan fingerprint density at radius 3 is 2.15 bits per heavy atom. The molecule has 0 aliphatic heterocycles. The molecule has 0 fully saturated rings. The third-order valence-corrected chi connectivity index (χ3v) is 6.46. The van der Waals surface area contributed by atoms with Crippen molar-refractivity contribution in [2.75, 3.05) is 19.8 Å². The Balaban J connectivity index is 1.75. The second-order valence-electron chi connectivity index (χ2n) is 8.23. The van der Waals surface area contributed by atoms with Crippen LogP contribution >= 0.6 is 0 Å². The van der Waals surface area contributed by atoms with Gasteiger partial charge >= 0.3 is 0 Å². The maximum absolute atomic E-state index is 9.12. The summed E-state index contributed by atoms with van der Waals surface area (Å²) in [6.07, 6.45) is 9.68. The fourth-order valence-electron chi connectivity index (χ4n) is 5.17. The Kier molecular flexibility index (Phi) is 5.89. The maximum Gasteiger partial charge on any atom is 0.119 e. The molecule has 0 heterocycles. The van der Waals surface area contributed by atoms with Crippen LogP contribution in [0.3, 0.4) is 0 Å². The van der Waals surface area contributed by atoms with Gasteiger partial charge in [-0.1, -0.05) is 72.8 Å². The standard InChI is InChI=1S/C30H28O3/c1-2-32-24-16-12-22(13-17-24)30(23-14-18-25(19-15-23)33-21-20-31)28-10-5-3-4-8-26(28)27-9-6-7-11-29(27)30/h3-7,9-19,31H,2,8,20-21H2,1H3. The van der Waals surface area contributed by atoms with E-state index in [1.807, 2.05) is 19.1 Å². The van der Waals surface area contributed by atoms with Crippen molar-refractivity contribution < 1.29 is 14.6 Å². The van der Waals surface area contributed by atoms with Gasteiger partial charge in [-0.15, -0.1) is 0 Å². The summed E-state index contributed by atoms with van der Waals surface area (Å²) in [5, 5.41) is 9.12. The molecule has 0 aromatic heterocycles. The Morgan fingerprint density at radius 1 is 0.818 bits per heavy atom. The Morgan fingerprint density at radius 2 is 1.48 bits per heavy atom. The third kappa shape index (κ3) is 3.59. The highest BCUT2D eigenvalue weighted by Gasteiger charge is 2.46. The van der Waals surface area contributed by atoms with E-state index in [-0.39, 0.29) is 13.2 Å². The van der Waals surface area contributed by atoms with Crippen LogP contribution < -0.4 is 9.47 Å². The molecule has 3 aromatic carbocycles. The molecule has 3 nitrogen and oxygen atoms in total. The Labute approximate surface area is 195 Å². The van der Waals surface area contributed by atoms with E-state index in [2.05, 4.69) is 85.0 Å². The summed E-state index contributed by atoms with van der Waals surface area (Å²) >= 11 is 0. The van der Waals surface area contributed by atoms with Gasteiger partial charge in [-0.3, -0.25) is 0 Å². The monoisotopic (exact) mass is 436 g/mol. The van der Waals surface area contributed by atoms with Crippen molar-refractivity contribution in [1.82, 2.24) is 0 Å². The van der Waals surface area contributed by atoms with Gasteiger partial charge < -0.3 is 14.6 Å². The van der Waals surface area contributed by atoms with E-state index in [9.17, 15) is 0 Å². The molecule has 0 saturated carbocycles. The summed E-state index contributed by atoms with van der Waals surface area (Å²) < 4.78 is 11.4. The molecular formula is C30H28O3. The predicted molar refractivity (Wildman–Crippen MR) is 133 cm³/mol. The van der Waals surface area contributed by atoms with Gasteiger partial charge in [-0.25, -0.2) is 0 Å². The summed E-state index contributed by atoms with van der Waals surface area (Å²) in [5.41, 5.74) is 7.23. The van der Waals surface area contributed by atoms with Crippen LogP contribution in [0.1, 0.15) is 35.6 Å². The minimum absolute atomic E-state index is 0.000710. The van der Waals surface area contributed by atoms with E-state index in [0.29, 0.717) is 6.61 Å². The second-order valence-corrected chi connectivity index (χ2v) is 8.23. The third-order valence-electron chi connectivity index (χ3n) is 6.46. The van der Waals surface area contributed by atoms with Gasteiger partial charge in [0.15, 0.2) is 0 Å². The van der Waals surface area contributed by atoms with Gasteiger partial charge in [-0.05, 0) is 71.0 Å². The smallest absolute Gasteiger partial charge is 0.119 e. The molecule has 2 aliphatic rings. The lowest BCUT2D eigenvalue weighted by Gasteiger charge is -2.35. The molecule has 0 saturated heterocycles. The van der Waals surface area contributed by atoms with E-state index in [1.165, 1.54) is 33.4 Å². The van der Waals surface area contributed by atoms with Crippen LogP contribution in [0.25, 0.3) is 5.57 Å². The number of hydrogen-bond donors (Lipinski definition) is 1. The molecule has 3 heteroatoms. The number of rotatable bonds is 7. The first-order valence-electron chi connectivity index (χ1n) is 11.5. The normalized spacial score (nSPS) is 18.6. The molecule has 33 heavy (non-hydrogen) atoms. The molecule has 1 unspecified atom stereocenters. The number of allylic oxidation sites excluding steroid dienone is 6. The molecular weight excluding hydrogens is 408 g/mol. The fourth-order valence-corrected chi connectivity index (χ4v) is 5.17. The van der Waals surface area contributed by atoms with Crippen molar-refractivity contribution in [3.05, 3.63) is 125 Å². The number of hydrogen-bond acceptors (Lipinski definition) is 3. The molecule has 1 atom stereocenters. The van der Waals surface area contributed by atoms with E-state index in [4.69, 9.17) is 14.6 Å². The summed E-state index contributed by atoms with van der Waals surface area (Å²) in [7, 11) is 0. The van der Waals surface area contributed by atoms with Crippen molar-refractivity contribution in [3.8, 4) is 11.5 Å². The highest BCUT2D eigenvalue weighted by molar-refractivity contribution is 5.88. The maximum atomic E-state index is 9.12. The van der Waals surface area contributed by atoms with Crippen molar-refractivity contribution in [1.29, 1.82) is 0 Å². The topological polar surface area (TPSA) is 38.7 Å². The van der Waals surface area contributed by atoms with Gasteiger partial charge in [0.1, 0.15) is 18.1 Å². The van der Waals surface area contributed by atoms with E-state index in [1.54, 1.807) is 0 Å². The van der Waals surface area contributed by atoms with E-state index in [0.717, 1.165) is 17.9 Å². The van der Waals surface area contributed by atoms with Crippen LogP contribution in [-0.4, -0.2) is 24.9 Å². The molecule has 0 spiro atoms. The van der Waals surface area contributed by atoms with Crippen molar-refractivity contribution in [2.24, 2.45) is 0 Å². The highest BCUT2D eigenvalue weighted by Crippen LogP contribution is 2.56. The van der Waals surface area contributed by atoms with Gasteiger partial charge in [0.2, 0.25) is 0 Å².